The lowest BCUT2D eigenvalue weighted by atomic mass is 10.2. The highest BCUT2D eigenvalue weighted by molar-refractivity contribution is 5.90. The summed E-state index contributed by atoms with van der Waals surface area (Å²) in [6.45, 7) is 0. The Balaban J connectivity index is 2.98. The molecule has 13 heavy (non-hydrogen) atoms. The van der Waals surface area contributed by atoms with E-state index in [1.807, 2.05) is 19.0 Å². The van der Waals surface area contributed by atoms with E-state index in [0.717, 1.165) is 5.69 Å². The fraction of sp³-hybridized carbons (Fsp3) is 0.300. The average Bonchev–Trinajstić information content (AvgIpc) is 2.17. The molecule has 0 saturated carbocycles. The number of nitrogens with zero attached hydrogens (tertiary/aromatic N) is 1. The Kier molecular flexibility index (Phi) is 2.90. The van der Waals surface area contributed by atoms with Gasteiger partial charge in [-0.3, -0.25) is 0 Å². The van der Waals surface area contributed by atoms with Gasteiger partial charge in [0.15, 0.2) is 0 Å². The number of rotatable bonds is 2. The average molecular weight is 178 g/mol. The van der Waals surface area contributed by atoms with Crippen molar-refractivity contribution < 1.29 is 9.53 Å². The summed E-state index contributed by atoms with van der Waals surface area (Å²) in [5.74, 6) is -0.322. The Morgan fingerprint density at radius 3 is 2.77 bits per heavy atom. The maximum Gasteiger partial charge on any atom is 0.337 e. The molecular weight excluding hydrogens is 166 g/mol. The SMILES string of the molecule is COC(=O)c1cc[c]c(N(C)C)c1. The highest BCUT2D eigenvalue weighted by Crippen LogP contribution is 2.12. The first kappa shape index (κ1) is 9.58. The number of methoxy groups -OCH3 is 1. The molecule has 0 fully saturated rings. The summed E-state index contributed by atoms with van der Waals surface area (Å²) < 4.78 is 4.60. The van der Waals surface area contributed by atoms with Crippen LogP contribution < -0.4 is 4.90 Å². The van der Waals surface area contributed by atoms with Crippen LogP contribution in [-0.4, -0.2) is 27.2 Å². The minimum Gasteiger partial charge on any atom is -0.465 e. The molecule has 0 atom stereocenters. The van der Waals surface area contributed by atoms with Crippen LogP contribution in [0, 0.1) is 6.07 Å². The number of hydrogen-bond donors (Lipinski definition) is 0. The number of esters is 1. The number of benzene rings is 1. The van der Waals surface area contributed by atoms with E-state index in [0.29, 0.717) is 5.56 Å². The first-order chi connectivity index (χ1) is 6.15. The van der Waals surface area contributed by atoms with Crippen molar-refractivity contribution >= 4 is 11.7 Å². The van der Waals surface area contributed by atoms with Gasteiger partial charge in [-0.2, -0.15) is 0 Å². The molecule has 0 aromatic heterocycles. The van der Waals surface area contributed by atoms with Gasteiger partial charge in [-0.05, 0) is 12.1 Å². The van der Waals surface area contributed by atoms with Crippen LogP contribution >= 0.6 is 0 Å². The summed E-state index contributed by atoms with van der Waals surface area (Å²) in [6, 6.07) is 8.14. The normalized spacial score (nSPS) is 9.46. The van der Waals surface area contributed by atoms with Crippen molar-refractivity contribution in [2.45, 2.75) is 0 Å². The van der Waals surface area contributed by atoms with E-state index in [2.05, 4.69) is 10.8 Å². The first-order valence-corrected chi connectivity index (χ1v) is 3.92. The van der Waals surface area contributed by atoms with Crippen molar-refractivity contribution in [3.63, 3.8) is 0 Å². The molecule has 0 heterocycles. The molecule has 1 rings (SSSR count). The molecule has 0 aliphatic rings. The summed E-state index contributed by atoms with van der Waals surface area (Å²) in [6.07, 6.45) is 0. The van der Waals surface area contributed by atoms with Gasteiger partial charge >= 0.3 is 5.97 Å². The quantitative estimate of drug-likeness (QED) is 0.640. The second kappa shape index (κ2) is 3.94. The summed E-state index contributed by atoms with van der Waals surface area (Å²) in [5.41, 5.74) is 1.41. The molecule has 3 heteroatoms. The van der Waals surface area contributed by atoms with Crippen LogP contribution in [0.3, 0.4) is 0 Å². The molecule has 0 aliphatic carbocycles. The van der Waals surface area contributed by atoms with Crippen molar-refractivity contribution in [3.05, 3.63) is 29.8 Å². The van der Waals surface area contributed by atoms with Crippen LogP contribution in [-0.2, 0) is 4.74 Å². The highest BCUT2D eigenvalue weighted by Gasteiger charge is 2.05. The number of ether oxygens (including phenoxy) is 1. The second-order valence-corrected chi connectivity index (χ2v) is 2.85. The van der Waals surface area contributed by atoms with Crippen molar-refractivity contribution in [3.8, 4) is 0 Å². The lowest BCUT2D eigenvalue weighted by Crippen LogP contribution is -2.10. The molecule has 0 bridgehead atoms. The van der Waals surface area contributed by atoms with Crippen LogP contribution in [0.4, 0.5) is 5.69 Å². The fourth-order valence-corrected chi connectivity index (χ4v) is 0.957. The third-order valence-electron chi connectivity index (χ3n) is 1.69. The number of anilines is 1. The van der Waals surface area contributed by atoms with Crippen LogP contribution in [0.2, 0.25) is 0 Å². The number of hydrogen-bond acceptors (Lipinski definition) is 3. The number of carbonyl (C=O) groups excluding carboxylic acids is 1. The summed E-state index contributed by atoms with van der Waals surface area (Å²) >= 11 is 0. The van der Waals surface area contributed by atoms with Gasteiger partial charge in [-0.25, -0.2) is 4.79 Å². The maximum atomic E-state index is 11.1. The molecule has 0 N–H and O–H groups in total. The van der Waals surface area contributed by atoms with Gasteiger partial charge in [0, 0.05) is 25.8 Å². The topological polar surface area (TPSA) is 29.5 Å². The Hall–Kier alpha value is -1.51. The number of carbonyl (C=O) groups is 1. The molecule has 69 valence electrons. The Morgan fingerprint density at radius 2 is 2.23 bits per heavy atom. The lowest BCUT2D eigenvalue weighted by molar-refractivity contribution is 0.0601. The third-order valence-corrected chi connectivity index (χ3v) is 1.69. The zero-order valence-electron chi connectivity index (χ0n) is 8.00. The van der Waals surface area contributed by atoms with Crippen LogP contribution in [0.15, 0.2) is 18.2 Å². The molecule has 3 nitrogen and oxygen atoms in total. The van der Waals surface area contributed by atoms with Gasteiger partial charge in [0.2, 0.25) is 0 Å². The molecule has 0 unspecified atom stereocenters. The van der Waals surface area contributed by atoms with E-state index in [1.165, 1.54) is 7.11 Å². The zero-order chi connectivity index (χ0) is 9.84. The van der Waals surface area contributed by atoms with Crippen molar-refractivity contribution in [1.82, 2.24) is 0 Å². The van der Waals surface area contributed by atoms with E-state index < -0.39 is 0 Å². The fourth-order valence-electron chi connectivity index (χ4n) is 0.957. The standard InChI is InChI=1S/C10H12NO2/c1-11(2)9-6-4-5-8(7-9)10(12)13-3/h4-5,7H,1-3H3. The Labute approximate surface area is 77.9 Å². The van der Waals surface area contributed by atoms with Gasteiger partial charge in [-0.1, -0.05) is 6.07 Å². The van der Waals surface area contributed by atoms with Crippen molar-refractivity contribution in [2.24, 2.45) is 0 Å². The van der Waals surface area contributed by atoms with E-state index in [4.69, 9.17) is 0 Å². The minimum absolute atomic E-state index is 0.322. The molecule has 0 saturated heterocycles. The van der Waals surface area contributed by atoms with E-state index >= 15 is 0 Å². The van der Waals surface area contributed by atoms with Gasteiger partial charge in [0.1, 0.15) is 0 Å². The van der Waals surface area contributed by atoms with Crippen LogP contribution in [0.5, 0.6) is 0 Å². The third kappa shape index (κ3) is 2.21. The van der Waals surface area contributed by atoms with Gasteiger partial charge in [0.05, 0.1) is 12.7 Å². The molecule has 1 radical (unpaired) electrons. The summed E-state index contributed by atoms with van der Waals surface area (Å²) in [5, 5.41) is 0. The highest BCUT2D eigenvalue weighted by atomic mass is 16.5. The Morgan fingerprint density at radius 1 is 1.54 bits per heavy atom. The largest absolute Gasteiger partial charge is 0.465 e. The van der Waals surface area contributed by atoms with Crippen molar-refractivity contribution in [1.29, 1.82) is 0 Å². The predicted octanol–water partition coefficient (Wildman–Crippen LogP) is 1.34. The summed E-state index contributed by atoms with van der Waals surface area (Å²) in [7, 11) is 5.16. The molecule has 0 aliphatic heterocycles. The molecular formula is C10H12NO2. The van der Waals surface area contributed by atoms with Gasteiger partial charge in [-0.15, -0.1) is 0 Å². The molecule has 1 aromatic rings. The van der Waals surface area contributed by atoms with Crippen molar-refractivity contribution in [2.75, 3.05) is 26.1 Å². The predicted molar refractivity (Wildman–Crippen MR) is 50.9 cm³/mol. The molecule has 1 aromatic carbocycles. The van der Waals surface area contributed by atoms with E-state index in [1.54, 1.807) is 18.2 Å². The Bertz CT molecular complexity index is 308. The maximum absolute atomic E-state index is 11.1. The smallest absolute Gasteiger partial charge is 0.337 e. The molecule has 0 spiro atoms. The first-order valence-electron chi connectivity index (χ1n) is 3.92. The zero-order valence-corrected chi connectivity index (χ0v) is 8.00. The van der Waals surface area contributed by atoms with Gasteiger partial charge < -0.3 is 9.64 Å². The van der Waals surface area contributed by atoms with Crippen LogP contribution in [0.1, 0.15) is 10.4 Å². The van der Waals surface area contributed by atoms with E-state index in [-0.39, 0.29) is 5.97 Å². The van der Waals surface area contributed by atoms with Gasteiger partial charge in [0.25, 0.3) is 0 Å². The van der Waals surface area contributed by atoms with E-state index in [9.17, 15) is 4.79 Å². The lowest BCUT2D eigenvalue weighted by Gasteiger charge is -2.12. The second-order valence-electron chi connectivity index (χ2n) is 2.85. The van der Waals surface area contributed by atoms with Crippen LogP contribution in [0.25, 0.3) is 0 Å². The minimum atomic E-state index is -0.322. The summed E-state index contributed by atoms with van der Waals surface area (Å²) in [4.78, 5) is 13.0. The molecule has 0 amide bonds. The monoisotopic (exact) mass is 178 g/mol.